The second-order valence-electron chi connectivity index (χ2n) is 11.7. The largest absolute Gasteiger partial charge is 0.471 e. The van der Waals surface area contributed by atoms with Gasteiger partial charge < -0.3 is 19.1 Å². The van der Waals surface area contributed by atoms with Gasteiger partial charge in [-0.3, -0.25) is 4.98 Å². The van der Waals surface area contributed by atoms with Gasteiger partial charge in [-0.05, 0) is 77.5 Å². The van der Waals surface area contributed by atoms with E-state index in [4.69, 9.17) is 24.3 Å². The van der Waals surface area contributed by atoms with Crippen molar-refractivity contribution in [2.45, 2.75) is 77.2 Å². The van der Waals surface area contributed by atoms with Crippen LogP contribution in [0.3, 0.4) is 0 Å². The van der Waals surface area contributed by atoms with Crippen LogP contribution in [0.1, 0.15) is 65.5 Å². The van der Waals surface area contributed by atoms with E-state index in [1.807, 2.05) is 31.5 Å². The van der Waals surface area contributed by atoms with Gasteiger partial charge in [-0.2, -0.15) is 5.10 Å². The standard InChI is InChI=1S/C28H34BrN5O4/c1-27(2,3)38-26(35)33-12-11-28(9-10-28)22(17-33)37-23-16-30-15-20(31-23)25-19-14-18(29)7-8-21(19)34(32-25)24-6-4-5-13-36-24/h7-8,14-16,22,24H,4-6,9-13,17H2,1-3H3. The fourth-order valence-electron chi connectivity index (χ4n) is 5.49. The minimum Gasteiger partial charge on any atom is -0.471 e. The van der Waals surface area contributed by atoms with Gasteiger partial charge in [-0.1, -0.05) is 15.9 Å². The number of hydrogen-bond acceptors (Lipinski definition) is 7. The molecule has 0 bridgehead atoms. The van der Waals surface area contributed by atoms with E-state index in [0.717, 1.165) is 66.2 Å². The Morgan fingerprint density at radius 3 is 2.76 bits per heavy atom. The molecule has 2 saturated heterocycles. The lowest BCUT2D eigenvalue weighted by Crippen LogP contribution is -2.51. The molecule has 2 unspecified atom stereocenters. The molecule has 1 spiro atoms. The first kappa shape index (κ1) is 25.6. The minimum absolute atomic E-state index is 0.0909. The van der Waals surface area contributed by atoms with Crippen molar-refractivity contribution in [2.75, 3.05) is 19.7 Å². The Morgan fingerprint density at radius 2 is 2.03 bits per heavy atom. The van der Waals surface area contributed by atoms with Crippen LogP contribution < -0.4 is 4.74 Å². The van der Waals surface area contributed by atoms with Crippen molar-refractivity contribution in [3.8, 4) is 17.3 Å². The second-order valence-corrected chi connectivity index (χ2v) is 12.6. The summed E-state index contributed by atoms with van der Waals surface area (Å²) in [5.74, 6) is 0.441. The maximum Gasteiger partial charge on any atom is 0.410 e. The highest BCUT2D eigenvalue weighted by Gasteiger charge is 2.54. The molecule has 3 aromatic rings. The van der Waals surface area contributed by atoms with Crippen molar-refractivity contribution in [1.29, 1.82) is 0 Å². The Balaban J connectivity index is 1.28. The van der Waals surface area contributed by atoms with E-state index in [2.05, 4.69) is 33.0 Å². The van der Waals surface area contributed by atoms with Gasteiger partial charge in [-0.25, -0.2) is 14.5 Å². The maximum atomic E-state index is 12.8. The predicted octanol–water partition coefficient (Wildman–Crippen LogP) is 6.12. The highest BCUT2D eigenvalue weighted by Crippen LogP contribution is 2.54. The normalized spacial score (nSPS) is 23.0. The molecule has 38 heavy (non-hydrogen) atoms. The molecule has 2 aromatic heterocycles. The quantitative estimate of drug-likeness (QED) is 0.365. The van der Waals surface area contributed by atoms with Gasteiger partial charge in [0.25, 0.3) is 0 Å². The molecule has 0 radical (unpaired) electrons. The minimum atomic E-state index is -0.536. The first-order valence-electron chi connectivity index (χ1n) is 13.5. The van der Waals surface area contributed by atoms with E-state index >= 15 is 0 Å². The van der Waals surface area contributed by atoms with Crippen LogP contribution in [0.15, 0.2) is 35.1 Å². The van der Waals surface area contributed by atoms with E-state index in [0.29, 0.717) is 24.7 Å². The predicted molar refractivity (Wildman–Crippen MR) is 146 cm³/mol. The van der Waals surface area contributed by atoms with E-state index < -0.39 is 5.60 Å². The molecule has 1 aromatic carbocycles. The molecule has 10 heteroatoms. The number of nitrogens with zero attached hydrogens (tertiary/aromatic N) is 5. The first-order valence-corrected chi connectivity index (χ1v) is 14.3. The van der Waals surface area contributed by atoms with Crippen molar-refractivity contribution < 1.29 is 19.0 Å². The lowest BCUT2D eigenvalue weighted by molar-refractivity contribution is -0.0365. The van der Waals surface area contributed by atoms with Gasteiger partial charge >= 0.3 is 6.09 Å². The number of halogens is 1. The summed E-state index contributed by atoms with van der Waals surface area (Å²) in [4.78, 5) is 23.8. The molecule has 9 nitrogen and oxygen atoms in total. The zero-order valence-electron chi connectivity index (χ0n) is 22.2. The second kappa shape index (κ2) is 9.79. The van der Waals surface area contributed by atoms with Gasteiger partial charge in [0.1, 0.15) is 23.1 Å². The summed E-state index contributed by atoms with van der Waals surface area (Å²) >= 11 is 3.61. The van der Waals surface area contributed by atoms with E-state index in [9.17, 15) is 4.79 Å². The van der Waals surface area contributed by atoms with Crippen LogP contribution in [0.4, 0.5) is 4.79 Å². The van der Waals surface area contributed by atoms with Gasteiger partial charge in [-0.15, -0.1) is 0 Å². The van der Waals surface area contributed by atoms with Crippen molar-refractivity contribution in [3.63, 3.8) is 0 Å². The number of carbonyl (C=O) groups is 1. The number of hydrogen-bond donors (Lipinski definition) is 0. The topological polar surface area (TPSA) is 91.6 Å². The van der Waals surface area contributed by atoms with Crippen LogP contribution in [0.2, 0.25) is 0 Å². The molecule has 1 saturated carbocycles. The van der Waals surface area contributed by atoms with E-state index in [1.165, 1.54) is 0 Å². The van der Waals surface area contributed by atoms with Crippen molar-refractivity contribution in [3.05, 3.63) is 35.1 Å². The van der Waals surface area contributed by atoms with E-state index in [1.54, 1.807) is 17.3 Å². The summed E-state index contributed by atoms with van der Waals surface area (Å²) in [5.41, 5.74) is 1.94. The van der Waals surface area contributed by atoms with Crippen LogP contribution >= 0.6 is 15.9 Å². The molecule has 1 aliphatic carbocycles. The van der Waals surface area contributed by atoms with Crippen molar-refractivity contribution in [1.82, 2.24) is 24.6 Å². The number of aromatic nitrogens is 4. The number of carbonyl (C=O) groups excluding carboxylic acids is 1. The Kier molecular flexibility index (Phi) is 6.58. The molecule has 202 valence electrons. The highest BCUT2D eigenvalue weighted by atomic mass is 79.9. The third-order valence-corrected chi connectivity index (χ3v) is 8.20. The number of rotatable bonds is 4. The molecule has 1 amide bonds. The van der Waals surface area contributed by atoms with Crippen LogP contribution in [0.25, 0.3) is 22.3 Å². The molecule has 6 rings (SSSR count). The zero-order valence-corrected chi connectivity index (χ0v) is 23.7. The summed E-state index contributed by atoms with van der Waals surface area (Å²) in [6, 6.07) is 6.14. The van der Waals surface area contributed by atoms with Gasteiger partial charge in [0.05, 0.1) is 24.5 Å². The number of ether oxygens (including phenoxy) is 3. The summed E-state index contributed by atoms with van der Waals surface area (Å²) in [7, 11) is 0. The molecule has 2 atom stereocenters. The molecule has 0 N–H and O–H groups in total. The number of fused-ring (bicyclic) bond motifs is 1. The van der Waals surface area contributed by atoms with Crippen LogP contribution in [0.5, 0.6) is 5.88 Å². The number of amides is 1. The Labute approximate surface area is 231 Å². The maximum absolute atomic E-state index is 12.8. The summed E-state index contributed by atoms with van der Waals surface area (Å²) in [6.45, 7) is 7.56. The van der Waals surface area contributed by atoms with Gasteiger partial charge in [0, 0.05) is 28.4 Å². The molecule has 4 heterocycles. The average Bonchev–Trinajstić information content (AvgIpc) is 3.56. The molecular weight excluding hydrogens is 550 g/mol. The first-order chi connectivity index (χ1) is 18.2. The molecular formula is C28H34BrN5O4. The third-order valence-electron chi connectivity index (χ3n) is 7.71. The summed E-state index contributed by atoms with van der Waals surface area (Å²) in [6.07, 6.45) is 9.03. The monoisotopic (exact) mass is 583 g/mol. The van der Waals surface area contributed by atoms with Gasteiger partial charge in [0.2, 0.25) is 5.88 Å². The highest BCUT2D eigenvalue weighted by molar-refractivity contribution is 9.10. The summed E-state index contributed by atoms with van der Waals surface area (Å²) in [5, 5.41) is 5.94. The van der Waals surface area contributed by atoms with Crippen LogP contribution in [-0.2, 0) is 9.47 Å². The molecule has 3 fully saturated rings. The van der Waals surface area contributed by atoms with Crippen molar-refractivity contribution >= 4 is 32.9 Å². The van der Waals surface area contributed by atoms with E-state index in [-0.39, 0.29) is 23.8 Å². The Morgan fingerprint density at radius 1 is 1.18 bits per heavy atom. The number of benzene rings is 1. The lowest BCUT2D eigenvalue weighted by atomic mass is 9.90. The fourth-order valence-corrected chi connectivity index (χ4v) is 5.86. The van der Waals surface area contributed by atoms with Crippen LogP contribution in [0, 0.1) is 5.41 Å². The SMILES string of the molecule is CC(C)(C)OC(=O)N1CCC2(CC2)C(Oc2cncc(-c3nn(C4CCCCO4)c4ccc(Br)cc34)n2)C1. The van der Waals surface area contributed by atoms with Gasteiger partial charge in [0.15, 0.2) is 6.23 Å². The van der Waals surface area contributed by atoms with Crippen molar-refractivity contribution in [2.24, 2.45) is 5.41 Å². The Bertz CT molecular complexity index is 1340. The molecule has 2 aliphatic heterocycles. The Hall–Kier alpha value is -2.72. The molecule has 3 aliphatic rings. The third kappa shape index (κ3) is 5.12. The van der Waals surface area contributed by atoms with Crippen LogP contribution in [-0.4, -0.2) is 62.1 Å². The lowest BCUT2D eigenvalue weighted by Gasteiger charge is -2.39. The number of piperidine rings is 1. The average molecular weight is 585 g/mol. The smallest absolute Gasteiger partial charge is 0.410 e. The summed E-state index contributed by atoms with van der Waals surface area (Å²) < 4.78 is 21.1. The zero-order chi connectivity index (χ0) is 26.5. The fraction of sp³-hybridized carbons (Fsp3) is 0.571. The number of likely N-dealkylation sites (tertiary alicyclic amines) is 1.